The summed E-state index contributed by atoms with van der Waals surface area (Å²) < 4.78 is 0. The Balaban J connectivity index is 3.66. The first-order valence-corrected chi connectivity index (χ1v) is 6.95. The van der Waals surface area contributed by atoms with Gasteiger partial charge in [-0.05, 0) is 12.8 Å². The minimum Gasteiger partial charge on any atom is -0.0845 e. The molecule has 0 N–H and O–H groups in total. The van der Waals surface area contributed by atoms with E-state index in [0.29, 0.717) is 0 Å². The van der Waals surface area contributed by atoms with Gasteiger partial charge >= 0.3 is 0 Å². The lowest BCUT2D eigenvalue weighted by Crippen LogP contribution is -1.69. The van der Waals surface area contributed by atoms with Crippen molar-refractivity contribution >= 4 is 0 Å². The van der Waals surface area contributed by atoms with Gasteiger partial charge in [0.05, 0.1) is 0 Å². The fourth-order valence-electron chi connectivity index (χ4n) is 1.33. The summed E-state index contributed by atoms with van der Waals surface area (Å²) in [6, 6.07) is 0. The molecule has 19 heavy (non-hydrogen) atoms. The van der Waals surface area contributed by atoms with Gasteiger partial charge in [0.15, 0.2) is 0 Å². The summed E-state index contributed by atoms with van der Waals surface area (Å²) in [6.07, 6.45) is 30.6. The summed E-state index contributed by atoms with van der Waals surface area (Å²) in [4.78, 5) is 0. The van der Waals surface area contributed by atoms with Crippen LogP contribution in [0.1, 0.15) is 32.6 Å². The van der Waals surface area contributed by atoms with E-state index < -0.39 is 0 Å². The van der Waals surface area contributed by atoms with Crippen LogP contribution in [0.4, 0.5) is 0 Å². The second kappa shape index (κ2) is 16.2. The van der Waals surface area contributed by atoms with E-state index in [1.54, 1.807) is 6.08 Å². The smallest absolute Gasteiger partial charge is 0.0348 e. The number of allylic oxidation sites excluding steroid dienone is 13. The highest BCUT2D eigenvalue weighted by atomic mass is 13.9. The van der Waals surface area contributed by atoms with Crippen molar-refractivity contribution in [2.75, 3.05) is 0 Å². The first kappa shape index (κ1) is 17.2. The van der Waals surface area contributed by atoms with Gasteiger partial charge in [-0.15, -0.1) is 0 Å². The standard InChI is InChI=1S/C19H25/c1-3-5-7-9-11-13-15-17-19-18-16-14-12-10-8-6-4-2/h1,3,5,7,9,11-19H,4,6,8,10H2,2H3/b3-1?,7-5+,11-9+,14-12+,15-13+,18-16+,19-17+. The SMILES string of the molecule is [CH]=C/C=C/C=C/C=C/C=C/C=C/C=C/CCCCC. The summed E-state index contributed by atoms with van der Waals surface area (Å²) in [5.74, 6) is 0. The summed E-state index contributed by atoms with van der Waals surface area (Å²) in [5.41, 5.74) is 0. The molecule has 0 bridgehead atoms. The fourth-order valence-corrected chi connectivity index (χ4v) is 1.33. The van der Waals surface area contributed by atoms with Crippen LogP contribution in [0.2, 0.25) is 0 Å². The van der Waals surface area contributed by atoms with Crippen LogP contribution in [-0.4, -0.2) is 0 Å². The average Bonchev–Trinajstić information content (AvgIpc) is 2.43. The average molecular weight is 253 g/mol. The summed E-state index contributed by atoms with van der Waals surface area (Å²) in [5, 5.41) is 0. The molecule has 0 unspecified atom stereocenters. The molecule has 0 aliphatic heterocycles. The molecule has 0 aromatic carbocycles. The Labute approximate surface area is 118 Å². The van der Waals surface area contributed by atoms with Gasteiger partial charge in [0.2, 0.25) is 0 Å². The third kappa shape index (κ3) is 16.2. The molecule has 0 aliphatic carbocycles. The van der Waals surface area contributed by atoms with Crippen LogP contribution in [0.5, 0.6) is 0 Å². The largest absolute Gasteiger partial charge is 0.0845 e. The van der Waals surface area contributed by atoms with Crippen molar-refractivity contribution in [3.63, 3.8) is 0 Å². The maximum Gasteiger partial charge on any atom is -0.0348 e. The van der Waals surface area contributed by atoms with Gasteiger partial charge in [-0.2, -0.15) is 0 Å². The Kier molecular flexibility index (Phi) is 14.6. The van der Waals surface area contributed by atoms with E-state index in [0.717, 1.165) is 0 Å². The van der Waals surface area contributed by atoms with Gasteiger partial charge in [-0.1, -0.05) is 105 Å². The van der Waals surface area contributed by atoms with Crippen LogP contribution in [0, 0.1) is 6.58 Å². The topological polar surface area (TPSA) is 0 Å². The predicted molar refractivity (Wildman–Crippen MR) is 87.9 cm³/mol. The molecule has 0 amide bonds. The highest BCUT2D eigenvalue weighted by molar-refractivity contribution is 5.20. The number of rotatable bonds is 10. The third-order valence-corrected chi connectivity index (χ3v) is 2.33. The number of unbranched alkanes of at least 4 members (excludes halogenated alkanes) is 3. The Morgan fingerprint density at radius 2 is 1.11 bits per heavy atom. The van der Waals surface area contributed by atoms with Crippen molar-refractivity contribution in [1.82, 2.24) is 0 Å². The van der Waals surface area contributed by atoms with E-state index in [9.17, 15) is 0 Å². The highest BCUT2D eigenvalue weighted by Gasteiger charge is 1.79. The van der Waals surface area contributed by atoms with Crippen molar-refractivity contribution in [1.29, 1.82) is 0 Å². The molecule has 0 aromatic heterocycles. The minimum atomic E-state index is 1.18. The Hall–Kier alpha value is -1.82. The highest BCUT2D eigenvalue weighted by Crippen LogP contribution is 1.99. The van der Waals surface area contributed by atoms with Gasteiger partial charge in [-0.25, -0.2) is 0 Å². The quantitative estimate of drug-likeness (QED) is 0.336. The first-order chi connectivity index (χ1) is 9.41. The number of hydrogen-bond acceptors (Lipinski definition) is 0. The van der Waals surface area contributed by atoms with Gasteiger partial charge in [0.1, 0.15) is 0 Å². The van der Waals surface area contributed by atoms with Gasteiger partial charge in [0.25, 0.3) is 0 Å². The van der Waals surface area contributed by atoms with Crippen LogP contribution >= 0.6 is 0 Å². The maximum atomic E-state index is 5.19. The van der Waals surface area contributed by atoms with Gasteiger partial charge < -0.3 is 0 Å². The lowest BCUT2D eigenvalue weighted by Gasteiger charge is -1.89. The molecule has 0 fully saturated rings. The van der Waals surface area contributed by atoms with Gasteiger partial charge in [0, 0.05) is 0 Å². The van der Waals surface area contributed by atoms with Crippen LogP contribution < -0.4 is 0 Å². The molecule has 0 aliphatic rings. The molecule has 0 saturated heterocycles. The van der Waals surface area contributed by atoms with E-state index in [4.69, 9.17) is 6.58 Å². The molecule has 0 rings (SSSR count). The van der Waals surface area contributed by atoms with Gasteiger partial charge in [-0.3, -0.25) is 0 Å². The van der Waals surface area contributed by atoms with E-state index in [1.165, 1.54) is 31.8 Å². The van der Waals surface area contributed by atoms with E-state index >= 15 is 0 Å². The van der Waals surface area contributed by atoms with Crippen LogP contribution in [-0.2, 0) is 0 Å². The zero-order valence-corrected chi connectivity index (χ0v) is 11.9. The lowest BCUT2D eigenvalue weighted by molar-refractivity contribution is 0.729. The summed E-state index contributed by atoms with van der Waals surface area (Å²) >= 11 is 0. The minimum absolute atomic E-state index is 1.18. The zero-order valence-electron chi connectivity index (χ0n) is 11.9. The van der Waals surface area contributed by atoms with Crippen molar-refractivity contribution < 1.29 is 0 Å². The first-order valence-electron chi connectivity index (χ1n) is 6.95. The Morgan fingerprint density at radius 3 is 1.58 bits per heavy atom. The van der Waals surface area contributed by atoms with Crippen LogP contribution in [0.15, 0.2) is 79.0 Å². The van der Waals surface area contributed by atoms with E-state index in [2.05, 4.69) is 25.2 Å². The Bertz CT molecular complexity index is 359. The Morgan fingerprint density at radius 1 is 0.632 bits per heavy atom. The molecule has 0 spiro atoms. The fraction of sp³-hybridized carbons (Fsp3) is 0.263. The molecule has 0 saturated carbocycles. The molecule has 0 atom stereocenters. The summed E-state index contributed by atoms with van der Waals surface area (Å²) in [6.45, 7) is 7.42. The lowest BCUT2D eigenvalue weighted by atomic mass is 10.2. The van der Waals surface area contributed by atoms with Crippen LogP contribution in [0.25, 0.3) is 0 Å². The normalized spacial score (nSPS) is 13.3. The third-order valence-electron chi connectivity index (χ3n) is 2.33. The molecule has 0 heterocycles. The summed E-state index contributed by atoms with van der Waals surface area (Å²) in [7, 11) is 0. The molecule has 0 aromatic rings. The molecule has 0 nitrogen and oxygen atoms in total. The van der Waals surface area contributed by atoms with Crippen LogP contribution in [0.3, 0.4) is 0 Å². The molecule has 1 radical (unpaired) electrons. The second-order valence-corrected chi connectivity index (χ2v) is 4.04. The van der Waals surface area contributed by atoms with E-state index in [1.807, 2.05) is 48.6 Å². The predicted octanol–water partition coefficient (Wildman–Crippen LogP) is 5.89. The van der Waals surface area contributed by atoms with Crippen molar-refractivity contribution in [3.8, 4) is 0 Å². The second-order valence-electron chi connectivity index (χ2n) is 4.04. The van der Waals surface area contributed by atoms with E-state index in [-0.39, 0.29) is 0 Å². The molecule has 101 valence electrons. The zero-order chi connectivity index (χ0) is 14.0. The van der Waals surface area contributed by atoms with Crippen molar-refractivity contribution in [2.45, 2.75) is 32.6 Å². The van der Waals surface area contributed by atoms with Crippen molar-refractivity contribution in [3.05, 3.63) is 85.6 Å². The monoisotopic (exact) mass is 253 g/mol. The van der Waals surface area contributed by atoms with Crippen molar-refractivity contribution in [2.24, 2.45) is 0 Å². The maximum absolute atomic E-state index is 5.19. The number of hydrogen-bond donors (Lipinski definition) is 0. The molecular weight excluding hydrogens is 228 g/mol. The molecular formula is C19H25. The molecule has 0 heteroatoms.